The van der Waals surface area contributed by atoms with Crippen molar-refractivity contribution in [3.63, 3.8) is 0 Å². The van der Waals surface area contributed by atoms with E-state index in [1.807, 2.05) is 0 Å². The highest BCUT2D eigenvalue weighted by Crippen LogP contribution is 2.34. The fraction of sp³-hybridized carbons (Fsp3) is 0.294. The van der Waals surface area contributed by atoms with Gasteiger partial charge in [0.2, 0.25) is 0 Å². The number of aliphatic hydroxyl groups is 2. The quantitative estimate of drug-likeness (QED) is 0.608. The van der Waals surface area contributed by atoms with Crippen LogP contribution in [-0.2, 0) is 0 Å². The molecule has 0 aliphatic heterocycles. The van der Waals surface area contributed by atoms with Crippen molar-refractivity contribution in [1.29, 1.82) is 0 Å². The Morgan fingerprint density at radius 3 is 2.25 bits per heavy atom. The van der Waals surface area contributed by atoms with Crippen molar-refractivity contribution in [1.82, 2.24) is 0 Å². The van der Waals surface area contributed by atoms with Gasteiger partial charge in [0.15, 0.2) is 29.1 Å². The van der Waals surface area contributed by atoms with Crippen molar-refractivity contribution in [2.75, 3.05) is 20.8 Å². The van der Waals surface area contributed by atoms with Crippen LogP contribution >= 0.6 is 0 Å². The number of benzene rings is 2. The lowest BCUT2D eigenvalue weighted by Gasteiger charge is -2.24. The van der Waals surface area contributed by atoms with Crippen molar-refractivity contribution in [2.24, 2.45) is 0 Å². The van der Waals surface area contributed by atoms with Crippen molar-refractivity contribution >= 4 is 0 Å². The molecular weight excluding hydrogens is 316 g/mol. The van der Waals surface area contributed by atoms with Crippen LogP contribution in [0, 0.1) is 0 Å². The highest BCUT2D eigenvalue weighted by molar-refractivity contribution is 5.45. The monoisotopic (exact) mass is 336 g/mol. The molecule has 0 unspecified atom stereocenters. The third kappa shape index (κ3) is 3.81. The molecule has 130 valence electrons. The van der Waals surface area contributed by atoms with E-state index in [2.05, 4.69) is 0 Å². The molecule has 2 rings (SSSR count). The predicted molar refractivity (Wildman–Crippen MR) is 85.8 cm³/mol. The summed E-state index contributed by atoms with van der Waals surface area (Å²) in [4.78, 5) is 0. The number of phenolic OH excluding ortho intramolecular Hbond substituents is 2. The van der Waals surface area contributed by atoms with Crippen LogP contribution in [-0.4, -0.2) is 47.4 Å². The summed E-state index contributed by atoms with van der Waals surface area (Å²) in [7, 11) is 2.81. The Balaban J connectivity index is 2.25. The number of rotatable bonds is 7. The zero-order valence-electron chi connectivity index (χ0n) is 13.3. The molecule has 0 aromatic heterocycles. The van der Waals surface area contributed by atoms with Gasteiger partial charge in [-0.2, -0.15) is 0 Å². The van der Waals surface area contributed by atoms with Crippen LogP contribution < -0.4 is 14.2 Å². The number of ether oxygens (including phenoxy) is 3. The normalized spacial score (nSPS) is 13.2. The van der Waals surface area contributed by atoms with E-state index in [1.165, 1.54) is 50.6 Å². The summed E-state index contributed by atoms with van der Waals surface area (Å²) in [6.07, 6.45) is -2.17. The molecule has 7 nitrogen and oxygen atoms in total. The SMILES string of the molecule is COc1cc([C@@H](O)[C@@H](CO)Oc2ccc(O)cc2OC)ccc1O. The van der Waals surface area contributed by atoms with Gasteiger partial charge in [0.05, 0.1) is 20.8 Å². The minimum Gasteiger partial charge on any atom is -0.508 e. The Morgan fingerprint density at radius 2 is 1.62 bits per heavy atom. The average Bonchev–Trinajstić information content (AvgIpc) is 2.60. The first-order chi connectivity index (χ1) is 11.5. The van der Waals surface area contributed by atoms with Crippen LogP contribution in [0.5, 0.6) is 28.7 Å². The molecular formula is C17H20O7. The highest BCUT2D eigenvalue weighted by Gasteiger charge is 2.24. The van der Waals surface area contributed by atoms with E-state index in [-0.39, 0.29) is 28.7 Å². The summed E-state index contributed by atoms with van der Waals surface area (Å²) in [5, 5.41) is 39.1. The first-order valence-corrected chi connectivity index (χ1v) is 7.19. The van der Waals surface area contributed by atoms with Crippen LogP contribution in [0.4, 0.5) is 0 Å². The van der Waals surface area contributed by atoms with Crippen molar-refractivity contribution in [3.05, 3.63) is 42.0 Å². The van der Waals surface area contributed by atoms with Crippen LogP contribution in [0.15, 0.2) is 36.4 Å². The molecule has 4 N–H and O–H groups in total. The standard InChI is InChI=1S/C17H20O7/c1-22-14-7-10(3-5-12(14)20)17(21)16(9-18)24-13-6-4-11(19)8-15(13)23-2/h3-8,16-21H,9H2,1-2H3/t16-,17-/m1/s1. The highest BCUT2D eigenvalue weighted by atomic mass is 16.5. The first-order valence-electron chi connectivity index (χ1n) is 7.19. The van der Waals surface area contributed by atoms with Crippen molar-refractivity contribution in [2.45, 2.75) is 12.2 Å². The van der Waals surface area contributed by atoms with E-state index in [0.29, 0.717) is 5.56 Å². The number of phenols is 2. The summed E-state index contributed by atoms with van der Waals surface area (Å²) < 4.78 is 15.7. The molecule has 0 bridgehead atoms. The zero-order valence-corrected chi connectivity index (χ0v) is 13.3. The molecule has 0 amide bonds. The van der Waals surface area contributed by atoms with Gasteiger partial charge >= 0.3 is 0 Å². The minimum atomic E-state index is -1.18. The number of aliphatic hydroxyl groups excluding tert-OH is 2. The second-order valence-corrected chi connectivity index (χ2v) is 5.05. The molecule has 0 aliphatic carbocycles. The van der Waals surface area contributed by atoms with Gasteiger partial charge in [-0.3, -0.25) is 0 Å². The van der Waals surface area contributed by atoms with Crippen LogP contribution in [0.25, 0.3) is 0 Å². The zero-order chi connectivity index (χ0) is 17.7. The van der Waals surface area contributed by atoms with Crippen LogP contribution in [0.3, 0.4) is 0 Å². The second-order valence-electron chi connectivity index (χ2n) is 5.05. The Labute approximate surface area is 139 Å². The van der Waals surface area contributed by atoms with E-state index in [4.69, 9.17) is 14.2 Å². The molecule has 2 aromatic carbocycles. The maximum atomic E-state index is 10.5. The first kappa shape index (κ1) is 17.7. The van der Waals surface area contributed by atoms with E-state index < -0.39 is 18.8 Å². The molecule has 0 heterocycles. The van der Waals surface area contributed by atoms with E-state index in [9.17, 15) is 20.4 Å². The summed E-state index contributed by atoms with van der Waals surface area (Å²) in [5.74, 6) is 0.673. The van der Waals surface area contributed by atoms with Crippen molar-refractivity contribution < 1.29 is 34.6 Å². The van der Waals surface area contributed by atoms with Gasteiger partial charge in [0.1, 0.15) is 11.9 Å². The molecule has 0 saturated carbocycles. The fourth-order valence-corrected chi connectivity index (χ4v) is 2.21. The predicted octanol–water partition coefficient (Wildman–Crippen LogP) is 1.59. The molecule has 0 saturated heterocycles. The average molecular weight is 336 g/mol. The van der Waals surface area contributed by atoms with E-state index in [0.717, 1.165) is 0 Å². The van der Waals surface area contributed by atoms with E-state index in [1.54, 1.807) is 0 Å². The molecule has 2 atom stereocenters. The smallest absolute Gasteiger partial charge is 0.164 e. The second kappa shape index (κ2) is 7.76. The van der Waals surface area contributed by atoms with Crippen LogP contribution in [0.2, 0.25) is 0 Å². The Bertz CT molecular complexity index is 687. The lowest BCUT2D eigenvalue weighted by atomic mass is 10.0. The summed E-state index contributed by atoms with van der Waals surface area (Å²) in [6.45, 7) is -0.464. The van der Waals surface area contributed by atoms with Gasteiger partial charge in [-0.15, -0.1) is 0 Å². The summed E-state index contributed by atoms with van der Waals surface area (Å²) in [6, 6.07) is 8.58. The topological polar surface area (TPSA) is 109 Å². The number of hydrogen-bond donors (Lipinski definition) is 4. The molecule has 2 aromatic rings. The molecule has 0 fully saturated rings. The number of hydrogen-bond acceptors (Lipinski definition) is 7. The largest absolute Gasteiger partial charge is 0.508 e. The number of methoxy groups -OCH3 is 2. The van der Waals surface area contributed by atoms with Crippen LogP contribution in [0.1, 0.15) is 11.7 Å². The fourth-order valence-electron chi connectivity index (χ4n) is 2.21. The van der Waals surface area contributed by atoms with Gasteiger partial charge in [0, 0.05) is 6.07 Å². The Kier molecular flexibility index (Phi) is 5.73. The molecule has 0 radical (unpaired) electrons. The summed E-state index contributed by atoms with van der Waals surface area (Å²) >= 11 is 0. The molecule has 24 heavy (non-hydrogen) atoms. The van der Waals surface area contributed by atoms with Gasteiger partial charge in [0.25, 0.3) is 0 Å². The minimum absolute atomic E-state index is 0.00330. The maximum Gasteiger partial charge on any atom is 0.164 e. The van der Waals surface area contributed by atoms with Gasteiger partial charge in [-0.05, 0) is 29.8 Å². The lowest BCUT2D eigenvalue weighted by molar-refractivity contribution is -0.000538. The Hall–Kier alpha value is -2.64. The lowest BCUT2D eigenvalue weighted by Crippen LogP contribution is -2.29. The number of aromatic hydroxyl groups is 2. The van der Waals surface area contributed by atoms with Crippen molar-refractivity contribution in [3.8, 4) is 28.7 Å². The summed E-state index contributed by atoms with van der Waals surface area (Å²) in [5.41, 5.74) is 0.404. The van der Waals surface area contributed by atoms with E-state index >= 15 is 0 Å². The van der Waals surface area contributed by atoms with Gasteiger partial charge in [-0.25, -0.2) is 0 Å². The molecule has 0 aliphatic rings. The van der Waals surface area contributed by atoms with Gasteiger partial charge < -0.3 is 34.6 Å². The molecule has 0 spiro atoms. The van der Waals surface area contributed by atoms with Gasteiger partial charge in [-0.1, -0.05) is 6.07 Å². The third-order valence-electron chi connectivity index (χ3n) is 3.50. The maximum absolute atomic E-state index is 10.5. The third-order valence-corrected chi connectivity index (χ3v) is 3.50. The molecule has 7 heteroatoms. The Morgan fingerprint density at radius 1 is 0.917 bits per heavy atom.